The number of likely N-dealkylation sites (N-methyl/N-ethyl adjacent to an activating group) is 1. The van der Waals surface area contributed by atoms with Gasteiger partial charge in [0, 0.05) is 19.2 Å². The van der Waals surface area contributed by atoms with Gasteiger partial charge in [0.2, 0.25) is 5.91 Å². The second-order valence-corrected chi connectivity index (χ2v) is 4.85. The molecule has 0 spiro atoms. The lowest BCUT2D eigenvalue weighted by molar-refractivity contribution is -0.125. The normalized spacial score (nSPS) is 28.3. The van der Waals surface area contributed by atoms with Gasteiger partial charge in [-0.1, -0.05) is 0 Å². The molecule has 2 rings (SSSR count). The van der Waals surface area contributed by atoms with E-state index in [4.69, 9.17) is 9.47 Å². The summed E-state index contributed by atoms with van der Waals surface area (Å²) in [4.78, 5) is 11.8. The fourth-order valence-electron chi connectivity index (χ4n) is 2.01. The molecule has 98 valence electrons. The van der Waals surface area contributed by atoms with Crippen molar-refractivity contribution in [3.8, 4) is 0 Å². The van der Waals surface area contributed by atoms with Crippen LogP contribution in [0.1, 0.15) is 12.8 Å². The van der Waals surface area contributed by atoms with Gasteiger partial charge in [-0.15, -0.1) is 0 Å². The Morgan fingerprint density at radius 3 is 2.94 bits per heavy atom. The lowest BCUT2D eigenvalue weighted by atomic mass is 10.0. The molecule has 0 bridgehead atoms. The smallest absolute Gasteiger partial charge is 0.227 e. The van der Waals surface area contributed by atoms with Crippen molar-refractivity contribution in [3.05, 3.63) is 0 Å². The lowest BCUT2D eigenvalue weighted by Crippen LogP contribution is -2.43. The van der Waals surface area contributed by atoms with E-state index in [-0.39, 0.29) is 17.9 Å². The molecule has 1 saturated heterocycles. The molecule has 2 aliphatic rings. The van der Waals surface area contributed by atoms with Crippen molar-refractivity contribution >= 4 is 5.91 Å². The Morgan fingerprint density at radius 1 is 1.41 bits per heavy atom. The first-order chi connectivity index (χ1) is 8.31. The van der Waals surface area contributed by atoms with Crippen LogP contribution in [0.2, 0.25) is 0 Å². The monoisotopic (exact) mass is 242 g/mol. The van der Waals surface area contributed by atoms with Gasteiger partial charge in [-0.05, 0) is 25.8 Å². The summed E-state index contributed by atoms with van der Waals surface area (Å²) in [7, 11) is 1.86. The molecule has 1 saturated carbocycles. The van der Waals surface area contributed by atoms with Gasteiger partial charge in [0.25, 0.3) is 0 Å². The van der Waals surface area contributed by atoms with E-state index in [0.29, 0.717) is 26.4 Å². The van der Waals surface area contributed by atoms with E-state index < -0.39 is 0 Å². The molecule has 5 nitrogen and oxygen atoms in total. The number of rotatable bonds is 7. The van der Waals surface area contributed by atoms with Crippen LogP contribution < -0.4 is 10.6 Å². The summed E-state index contributed by atoms with van der Waals surface area (Å²) in [6.45, 7) is 3.19. The third-order valence-corrected chi connectivity index (χ3v) is 3.38. The van der Waals surface area contributed by atoms with E-state index in [1.54, 1.807) is 0 Å². The summed E-state index contributed by atoms with van der Waals surface area (Å²) < 4.78 is 10.8. The number of ether oxygens (including phenoxy) is 2. The Labute approximate surface area is 102 Å². The van der Waals surface area contributed by atoms with Crippen LogP contribution in [0.15, 0.2) is 0 Å². The molecule has 2 N–H and O–H groups in total. The highest BCUT2D eigenvalue weighted by Crippen LogP contribution is 2.28. The molecule has 2 atom stereocenters. The first-order valence-corrected chi connectivity index (χ1v) is 6.41. The van der Waals surface area contributed by atoms with Gasteiger partial charge in [-0.2, -0.15) is 0 Å². The van der Waals surface area contributed by atoms with Gasteiger partial charge in [0.05, 0.1) is 25.7 Å². The van der Waals surface area contributed by atoms with Crippen LogP contribution in [0, 0.1) is 11.8 Å². The zero-order chi connectivity index (χ0) is 12.1. The molecule has 0 aromatic rings. The van der Waals surface area contributed by atoms with Gasteiger partial charge in [-0.3, -0.25) is 4.79 Å². The highest BCUT2D eigenvalue weighted by Gasteiger charge is 2.32. The molecule has 5 heteroatoms. The Kier molecular flexibility index (Phi) is 4.76. The van der Waals surface area contributed by atoms with E-state index in [0.717, 1.165) is 12.5 Å². The Bertz CT molecular complexity index is 256. The van der Waals surface area contributed by atoms with Crippen LogP contribution in [0.3, 0.4) is 0 Å². The average Bonchev–Trinajstić information content (AvgIpc) is 3.03. The van der Waals surface area contributed by atoms with Crippen molar-refractivity contribution in [3.63, 3.8) is 0 Å². The molecular weight excluding hydrogens is 220 g/mol. The quantitative estimate of drug-likeness (QED) is 0.605. The SMILES string of the molecule is CNC1COCC1C(=O)NCCOCC1CC1. The average molecular weight is 242 g/mol. The second kappa shape index (κ2) is 6.33. The summed E-state index contributed by atoms with van der Waals surface area (Å²) in [5, 5.41) is 6.00. The van der Waals surface area contributed by atoms with Crippen LogP contribution in [0.25, 0.3) is 0 Å². The topological polar surface area (TPSA) is 59.6 Å². The Balaban J connectivity index is 1.56. The van der Waals surface area contributed by atoms with Gasteiger partial charge < -0.3 is 20.1 Å². The molecule has 0 aromatic carbocycles. The molecule has 1 aliphatic carbocycles. The van der Waals surface area contributed by atoms with Gasteiger partial charge in [0.15, 0.2) is 0 Å². The fourth-order valence-corrected chi connectivity index (χ4v) is 2.01. The van der Waals surface area contributed by atoms with Crippen molar-refractivity contribution in [1.82, 2.24) is 10.6 Å². The molecular formula is C12H22N2O3. The molecule has 0 aromatic heterocycles. The Hall–Kier alpha value is -0.650. The highest BCUT2D eigenvalue weighted by molar-refractivity contribution is 5.79. The minimum absolute atomic E-state index is 0.0663. The third kappa shape index (κ3) is 3.94. The van der Waals surface area contributed by atoms with Crippen LogP contribution >= 0.6 is 0 Å². The van der Waals surface area contributed by atoms with Gasteiger partial charge in [0.1, 0.15) is 0 Å². The van der Waals surface area contributed by atoms with E-state index in [1.807, 2.05) is 7.05 Å². The summed E-state index contributed by atoms with van der Waals surface area (Å²) in [5.74, 6) is 0.780. The predicted octanol–water partition coefficient (Wildman–Crippen LogP) is -0.236. The zero-order valence-electron chi connectivity index (χ0n) is 10.4. The van der Waals surface area contributed by atoms with Crippen molar-refractivity contribution < 1.29 is 14.3 Å². The Morgan fingerprint density at radius 2 is 2.24 bits per heavy atom. The maximum atomic E-state index is 11.8. The first kappa shape index (κ1) is 12.8. The summed E-state index contributed by atoms with van der Waals surface area (Å²) in [6.07, 6.45) is 2.60. The molecule has 17 heavy (non-hydrogen) atoms. The molecule has 0 radical (unpaired) electrons. The zero-order valence-corrected chi connectivity index (χ0v) is 10.4. The summed E-state index contributed by atoms with van der Waals surface area (Å²) in [5.41, 5.74) is 0. The minimum atomic E-state index is -0.0663. The van der Waals surface area contributed by atoms with Crippen LogP contribution in [0.5, 0.6) is 0 Å². The highest BCUT2D eigenvalue weighted by atomic mass is 16.5. The number of carbonyl (C=O) groups is 1. The van der Waals surface area contributed by atoms with Gasteiger partial charge >= 0.3 is 0 Å². The van der Waals surface area contributed by atoms with Crippen molar-refractivity contribution in [2.45, 2.75) is 18.9 Å². The minimum Gasteiger partial charge on any atom is -0.379 e. The van der Waals surface area contributed by atoms with Crippen molar-refractivity contribution in [1.29, 1.82) is 0 Å². The van der Waals surface area contributed by atoms with E-state index >= 15 is 0 Å². The maximum absolute atomic E-state index is 11.8. The fraction of sp³-hybridized carbons (Fsp3) is 0.917. The molecule has 2 fully saturated rings. The molecule has 1 amide bonds. The lowest BCUT2D eigenvalue weighted by Gasteiger charge is -2.16. The van der Waals surface area contributed by atoms with Crippen molar-refractivity contribution in [2.24, 2.45) is 11.8 Å². The second-order valence-electron chi connectivity index (χ2n) is 4.85. The van der Waals surface area contributed by atoms with Crippen LogP contribution in [-0.2, 0) is 14.3 Å². The van der Waals surface area contributed by atoms with Gasteiger partial charge in [-0.25, -0.2) is 0 Å². The number of hydrogen-bond donors (Lipinski definition) is 2. The first-order valence-electron chi connectivity index (χ1n) is 6.41. The maximum Gasteiger partial charge on any atom is 0.227 e. The number of hydrogen-bond acceptors (Lipinski definition) is 4. The standard InChI is InChI=1S/C12H22N2O3/c1-13-11-8-17-7-10(11)12(15)14-4-5-16-6-9-2-3-9/h9-11,13H,2-8H2,1H3,(H,14,15). The van der Waals surface area contributed by atoms with Crippen molar-refractivity contribution in [2.75, 3.05) is 40.0 Å². The molecule has 1 aliphatic heterocycles. The van der Waals surface area contributed by atoms with E-state index in [1.165, 1.54) is 12.8 Å². The molecule has 1 heterocycles. The molecule has 2 unspecified atom stereocenters. The van der Waals surface area contributed by atoms with Crippen LogP contribution in [0.4, 0.5) is 0 Å². The summed E-state index contributed by atoms with van der Waals surface area (Å²) in [6, 6.07) is 0.141. The largest absolute Gasteiger partial charge is 0.379 e. The number of carbonyl (C=O) groups excluding carboxylic acids is 1. The number of amides is 1. The van der Waals surface area contributed by atoms with Crippen LogP contribution in [-0.4, -0.2) is 52.0 Å². The third-order valence-electron chi connectivity index (χ3n) is 3.38. The van der Waals surface area contributed by atoms with E-state index in [9.17, 15) is 4.79 Å². The predicted molar refractivity (Wildman–Crippen MR) is 63.7 cm³/mol. The summed E-state index contributed by atoms with van der Waals surface area (Å²) >= 11 is 0. The van der Waals surface area contributed by atoms with E-state index in [2.05, 4.69) is 10.6 Å². The number of nitrogens with one attached hydrogen (secondary N) is 2.